The van der Waals surface area contributed by atoms with Gasteiger partial charge in [0.05, 0.1) is 6.54 Å². The van der Waals surface area contributed by atoms with Crippen molar-refractivity contribution in [2.24, 2.45) is 0 Å². The first-order chi connectivity index (χ1) is 19.3. The molecular weight excluding hydrogens is 522 g/mol. The van der Waals surface area contributed by atoms with E-state index in [1.807, 2.05) is 89.9 Å². The zero-order valence-electron chi connectivity index (χ0n) is 25.0. The number of hydrogen-bond donors (Lipinski definition) is 2. The molecule has 220 valence electrons. The number of hydrogen-bond acceptors (Lipinski definition) is 10. The number of esters is 1. The summed E-state index contributed by atoms with van der Waals surface area (Å²) in [6.45, 7) is 12.3. The van der Waals surface area contributed by atoms with Gasteiger partial charge < -0.3 is 20.1 Å². The Labute approximate surface area is 242 Å². The molecule has 0 unspecified atom stereocenters. The van der Waals surface area contributed by atoms with E-state index < -0.39 is 17.3 Å². The number of pyridine rings is 1. The lowest BCUT2D eigenvalue weighted by Gasteiger charge is -2.22. The zero-order valence-corrected chi connectivity index (χ0v) is 25.0. The second kappa shape index (κ2) is 14.0. The molecule has 11 heteroatoms. The topological polar surface area (TPSA) is 131 Å². The molecule has 1 aromatic carbocycles. The van der Waals surface area contributed by atoms with Crippen molar-refractivity contribution in [3.8, 4) is 11.4 Å². The third-order valence-corrected chi connectivity index (χ3v) is 5.38. The number of nitrogens with zero attached hydrogens (tertiary/aromatic N) is 5. The maximum Gasteiger partial charge on any atom is 0.407 e. The average Bonchev–Trinajstić information content (AvgIpc) is 2.85. The fraction of sp³-hybridized carbons (Fsp3) is 0.467. The van der Waals surface area contributed by atoms with Crippen LogP contribution in [0.5, 0.6) is 0 Å². The lowest BCUT2D eigenvalue weighted by Crippen LogP contribution is -2.33. The van der Waals surface area contributed by atoms with E-state index in [1.54, 1.807) is 6.20 Å². The van der Waals surface area contributed by atoms with Crippen molar-refractivity contribution in [2.45, 2.75) is 72.1 Å². The monoisotopic (exact) mass is 563 g/mol. The standard InChI is InChI=1S/C30H41N7O4/c1-29(2,3)40-25(38)19-37(7)18-21-10-8-11-24(16-21)35-27-34-20-33-26(36-27)22-13-15-31-23(17-22)12-9-14-32-28(39)41-30(4,5)6/h8,10-11,13,15-17,20H,9,12,14,18-19H2,1-7H3,(H,32,39)(H,33,34,35,36). The average molecular weight is 564 g/mol. The molecular formula is C30H41N7O4. The Kier molecular flexibility index (Phi) is 10.7. The zero-order chi connectivity index (χ0) is 30.0. The SMILES string of the molecule is CN(CC(=O)OC(C)(C)C)Cc1cccc(Nc2ncnc(-c3ccnc(CCCNC(=O)OC(C)(C)C)c3)n2)c1. The molecule has 0 radical (unpaired) electrons. The Morgan fingerprint density at radius 1 is 0.951 bits per heavy atom. The molecule has 0 saturated heterocycles. The van der Waals surface area contributed by atoms with Gasteiger partial charge in [-0.15, -0.1) is 0 Å². The molecule has 0 bridgehead atoms. The van der Waals surface area contributed by atoms with Gasteiger partial charge in [0.15, 0.2) is 5.82 Å². The van der Waals surface area contributed by atoms with Gasteiger partial charge in [-0.1, -0.05) is 12.1 Å². The van der Waals surface area contributed by atoms with Gasteiger partial charge in [-0.3, -0.25) is 14.7 Å². The van der Waals surface area contributed by atoms with Gasteiger partial charge in [-0.05, 0) is 91.3 Å². The van der Waals surface area contributed by atoms with Crippen LogP contribution in [0.15, 0.2) is 48.9 Å². The summed E-state index contributed by atoms with van der Waals surface area (Å²) >= 11 is 0. The van der Waals surface area contributed by atoms with Gasteiger partial charge in [0.2, 0.25) is 5.95 Å². The van der Waals surface area contributed by atoms with Crippen LogP contribution in [-0.4, -0.2) is 68.2 Å². The molecule has 0 atom stereocenters. The normalized spacial score (nSPS) is 11.7. The van der Waals surface area contributed by atoms with E-state index in [0.29, 0.717) is 37.7 Å². The quantitative estimate of drug-likeness (QED) is 0.245. The van der Waals surface area contributed by atoms with Crippen molar-refractivity contribution in [2.75, 3.05) is 25.5 Å². The van der Waals surface area contributed by atoms with Crippen LogP contribution in [0.4, 0.5) is 16.4 Å². The highest BCUT2D eigenvalue weighted by Crippen LogP contribution is 2.20. The largest absolute Gasteiger partial charge is 0.459 e. The summed E-state index contributed by atoms with van der Waals surface area (Å²) in [5, 5.41) is 6.01. The van der Waals surface area contributed by atoms with Crippen molar-refractivity contribution < 1.29 is 19.1 Å². The number of alkyl carbamates (subject to hydrolysis) is 1. The summed E-state index contributed by atoms with van der Waals surface area (Å²) in [4.78, 5) is 43.5. The van der Waals surface area contributed by atoms with Gasteiger partial charge >= 0.3 is 12.1 Å². The molecule has 3 aromatic rings. The molecule has 41 heavy (non-hydrogen) atoms. The van der Waals surface area contributed by atoms with E-state index in [9.17, 15) is 9.59 Å². The maximum atomic E-state index is 12.1. The first kappa shape index (κ1) is 31.4. The van der Waals surface area contributed by atoms with Crippen LogP contribution in [0.3, 0.4) is 0 Å². The highest BCUT2D eigenvalue weighted by molar-refractivity contribution is 5.72. The number of carbonyl (C=O) groups is 2. The van der Waals surface area contributed by atoms with Gasteiger partial charge in [0.25, 0.3) is 0 Å². The number of carbonyl (C=O) groups excluding carboxylic acids is 2. The van der Waals surface area contributed by atoms with Gasteiger partial charge in [0.1, 0.15) is 17.5 Å². The molecule has 0 aliphatic rings. The number of anilines is 2. The predicted octanol–water partition coefficient (Wildman–Crippen LogP) is 4.91. The molecule has 2 N–H and O–H groups in total. The minimum absolute atomic E-state index is 0.194. The van der Waals surface area contributed by atoms with Crippen molar-refractivity contribution >= 4 is 23.7 Å². The fourth-order valence-corrected chi connectivity index (χ4v) is 3.86. The Balaban J connectivity index is 1.57. The van der Waals surface area contributed by atoms with Gasteiger partial charge in [-0.2, -0.15) is 4.98 Å². The van der Waals surface area contributed by atoms with E-state index in [2.05, 4.69) is 30.6 Å². The van der Waals surface area contributed by atoms with Crippen molar-refractivity contribution in [3.05, 3.63) is 60.2 Å². The van der Waals surface area contributed by atoms with E-state index in [1.165, 1.54) is 6.33 Å². The second-order valence-electron chi connectivity index (χ2n) is 11.8. The number of ether oxygens (including phenoxy) is 2. The molecule has 0 aliphatic carbocycles. The van der Waals surface area contributed by atoms with Crippen molar-refractivity contribution in [3.63, 3.8) is 0 Å². The van der Waals surface area contributed by atoms with Crippen LogP contribution in [0, 0.1) is 0 Å². The van der Waals surface area contributed by atoms with Crippen LogP contribution in [0.1, 0.15) is 59.2 Å². The number of amides is 1. The lowest BCUT2D eigenvalue weighted by molar-refractivity contribution is -0.155. The van der Waals surface area contributed by atoms with Crippen LogP contribution in [0.25, 0.3) is 11.4 Å². The molecule has 2 aromatic heterocycles. The summed E-state index contributed by atoms with van der Waals surface area (Å²) in [5.41, 5.74) is 2.49. The van der Waals surface area contributed by atoms with Crippen molar-refractivity contribution in [1.82, 2.24) is 30.2 Å². The molecule has 1 amide bonds. The molecule has 0 saturated carbocycles. The highest BCUT2D eigenvalue weighted by Gasteiger charge is 2.18. The van der Waals surface area contributed by atoms with Crippen LogP contribution in [0.2, 0.25) is 0 Å². The number of aromatic nitrogens is 4. The predicted molar refractivity (Wildman–Crippen MR) is 158 cm³/mol. The van der Waals surface area contributed by atoms with E-state index in [4.69, 9.17) is 9.47 Å². The summed E-state index contributed by atoms with van der Waals surface area (Å²) in [6.07, 6.45) is 4.15. The molecule has 0 spiro atoms. The number of aryl methyl sites for hydroxylation is 1. The van der Waals surface area contributed by atoms with Crippen LogP contribution in [-0.2, 0) is 27.2 Å². The second-order valence-corrected chi connectivity index (χ2v) is 11.8. The van der Waals surface area contributed by atoms with E-state index in [0.717, 1.165) is 22.5 Å². The molecule has 11 nitrogen and oxygen atoms in total. The summed E-state index contributed by atoms with van der Waals surface area (Å²) in [7, 11) is 1.88. The first-order valence-electron chi connectivity index (χ1n) is 13.6. The Morgan fingerprint density at radius 2 is 1.71 bits per heavy atom. The number of nitrogens with one attached hydrogen (secondary N) is 2. The van der Waals surface area contributed by atoms with E-state index in [-0.39, 0.29) is 12.5 Å². The Bertz CT molecular complexity index is 1320. The molecule has 0 aliphatic heterocycles. The minimum atomic E-state index is -0.527. The number of likely N-dealkylation sites (N-methyl/N-ethyl adjacent to an activating group) is 1. The summed E-state index contributed by atoms with van der Waals surface area (Å²) < 4.78 is 10.7. The van der Waals surface area contributed by atoms with Gasteiger partial charge in [-0.25, -0.2) is 14.8 Å². The smallest absolute Gasteiger partial charge is 0.407 e. The first-order valence-corrected chi connectivity index (χ1v) is 13.6. The third kappa shape index (κ3) is 11.9. The number of benzene rings is 1. The maximum absolute atomic E-state index is 12.1. The van der Waals surface area contributed by atoms with Crippen LogP contribution >= 0.6 is 0 Å². The number of rotatable bonds is 11. The van der Waals surface area contributed by atoms with Crippen LogP contribution < -0.4 is 10.6 Å². The van der Waals surface area contributed by atoms with E-state index >= 15 is 0 Å². The Hall–Kier alpha value is -4.12. The Morgan fingerprint density at radius 3 is 2.44 bits per heavy atom. The summed E-state index contributed by atoms with van der Waals surface area (Å²) in [6, 6.07) is 11.6. The molecule has 3 rings (SSSR count). The third-order valence-electron chi connectivity index (χ3n) is 5.38. The fourth-order valence-electron chi connectivity index (χ4n) is 3.86. The molecule has 0 fully saturated rings. The molecule has 2 heterocycles. The highest BCUT2D eigenvalue weighted by atomic mass is 16.6. The minimum Gasteiger partial charge on any atom is -0.459 e. The van der Waals surface area contributed by atoms with Crippen molar-refractivity contribution in [1.29, 1.82) is 0 Å². The van der Waals surface area contributed by atoms with Gasteiger partial charge in [0, 0.05) is 36.2 Å². The summed E-state index contributed by atoms with van der Waals surface area (Å²) in [5.74, 6) is 0.671. The lowest BCUT2D eigenvalue weighted by atomic mass is 10.1.